The molecule has 0 amide bonds. The van der Waals surface area contributed by atoms with E-state index in [-0.39, 0.29) is 11.1 Å². The Labute approximate surface area is 112 Å². The van der Waals surface area contributed by atoms with E-state index in [2.05, 4.69) is 20.7 Å². The first-order chi connectivity index (χ1) is 8.61. The lowest BCUT2D eigenvalue weighted by Gasteiger charge is -2.06. The first kappa shape index (κ1) is 12.6. The smallest absolute Gasteiger partial charge is 0.338 e. The molecule has 0 radical (unpaired) electrons. The van der Waals surface area contributed by atoms with E-state index in [9.17, 15) is 9.59 Å². The number of halogens is 1. The highest BCUT2D eigenvalue weighted by Crippen LogP contribution is 2.14. The molecular formula is C13H10BrNO3. The largest absolute Gasteiger partial charge is 0.465 e. The SMILES string of the molecule is COC(=O)c1ccn(-c2cccc(Br)c2)c(=O)c1. The third kappa shape index (κ3) is 2.51. The van der Waals surface area contributed by atoms with E-state index in [4.69, 9.17) is 0 Å². The second-order valence-corrected chi connectivity index (χ2v) is 4.51. The molecule has 0 aliphatic heterocycles. The fourth-order valence-electron chi connectivity index (χ4n) is 1.56. The first-order valence-corrected chi connectivity index (χ1v) is 5.98. The second-order valence-electron chi connectivity index (χ2n) is 3.60. The molecule has 0 saturated heterocycles. The van der Waals surface area contributed by atoms with Crippen molar-refractivity contribution in [2.75, 3.05) is 7.11 Å². The Morgan fingerprint density at radius 2 is 2.06 bits per heavy atom. The summed E-state index contributed by atoms with van der Waals surface area (Å²) in [6.45, 7) is 0. The summed E-state index contributed by atoms with van der Waals surface area (Å²) in [7, 11) is 1.28. The zero-order valence-electron chi connectivity index (χ0n) is 9.59. The van der Waals surface area contributed by atoms with Gasteiger partial charge in [0, 0.05) is 22.4 Å². The lowest BCUT2D eigenvalue weighted by atomic mass is 10.2. The number of aromatic nitrogens is 1. The van der Waals surface area contributed by atoms with Gasteiger partial charge < -0.3 is 4.74 Å². The van der Waals surface area contributed by atoms with Crippen LogP contribution >= 0.6 is 15.9 Å². The zero-order chi connectivity index (χ0) is 13.1. The van der Waals surface area contributed by atoms with Crippen molar-refractivity contribution >= 4 is 21.9 Å². The van der Waals surface area contributed by atoms with E-state index in [1.165, 1.54) is 17.7 Å². The van der Waals surface area contributed by atoms with Gasteiger partial charge in [0.15, 0.2) is 0 Å². The van der Waals surface area contributed by atoms with Crippen LogP contribution in [0.15, 0.2) is 51.9 Å². The molecule has 0 N–H and O–H groups in total. The molecule has 5 heteroatoms. The number of hydrogen-bond donors (Lipinski definition) is 0. The number of carbonyl (C=O) groups is 1. The Balaban J connectivity index is 2.48. The van der Waals surface area contributed by atoms with Crippen molar-refractivity contribution in [1.82, 2.24) is 4.57 Å². The normalized spacial score (nSPS) is 10.1. The summed E-state index contributed by atoms with van der Waals surface area (Å²) in [5.41, 5.74) is 0.690. The predicted molar refractivity (Wildman–Crippen MR) is 71.1 cm³/mol. The maximum absolute atomic E-state index is 11.9. The summed E-state index contributed by atoms with van der Waals surface area (Å²) in [5.74, 6) is -0.520. The Bertz CT molecular complexity index is 649. The lowest BCUT2D eigenvalue weighted by molar-refractivity contribution is 0.0600. The van der Waals surface area contributed by atoms with Gasteiger partial charge in [-0.2, -0.15) is 0 Å². The molecule has 0 saturated carbocycles. The quantitative estimate of drug-likeness (QED) is 0.800. The van der Waals surface area contributed by atoms with Gasteiger partial charge in [0.25, 0.3) is 5.56 Å². The van der Waals surface area contributed by atoms with Gasteiger partial charge in [-0.1, -0.05) is 22.0 Å². The minimum absolute atomic E-state index is 0.244. The van der Waals surface area contributed by atoms with Crippen LogP contribution in [0.2, 0.25) is 0 Å². The van der Waals surface area contributed by atoms with Gasteiger partial charge in [-0.3, -0.25) is 9.36 Å². The number of benzene rings is 1. The molecule has 1 aromatic carbocycles. The van der Waals surface area contributed by atoms with Gasteiger partial charge in [0.2, 0.25) is 0 Å². The van der Waals surface area contributed by atoms with Gasteiger partial charge in [-0.05, 0) is 24.3 Å². The standard InChI is InChI=1S/C13H10BrNO3/c1-18-13(17)9-5-6-15(12(16)7-9)11-4-2-3-10(14)8-11/h2-8H,1H3. The van der Waals surface area contributed by atoms with Crippen LogP contribution in [0.25, 0.3) is 5.69 Å². The van der Waals surface area contributed by atoms with Gasteiger partial charge in [-0.25, -0.2) is 4.79 Å². The second kappa shape index (κ2) is 5.18. The minimum Gasteiger partial charge on any atom is -0.465 e. The maximum Gasteiger partial charge on any atom is 0.338 e. The van der Waals surface area contributed by atoms with Crippen LogP contribution in [-0.2, 0) is 4.74 Å². The fourth-order valence-corrected chi connectivity index (χ4v) is 1.95. The van der Waals surface area contributed by atoms with Crippen molar-refractivity contribution in [3.8, 4) is 5.69 Å². The van der Waals surface area contributed by atoms with Crippen LogP contribution in [0.5, 0.6) is 0 Å². The molecule has 1 aromatic heterocycles. The summed E-state index contributed by atoms with van der Waals surface area (Å²) in [6.07, 6.45) is 1.55. The number of methoxy groups -OCH3 is 1. The number of rotatable bonds is 2. The van der Waals surface area contributed by atoms with Gasteiger partial charge in [0.1, 0.15) is 0 Å². The summed E-state index contributed by atoms with van der Waals surface area (Å²) in [5, 5.41) is 0. The average Bonchev–Trinajstić information content (AvgIpc) is 2.37. The number of nitrogens with zero attached hydrogens (tertiary/aromatic N) is 1. The molecule has 92 valence electrons. The summed E-state index contributed by atoms with van der Waals surface area (Å²) in [4.78, 5) is 23.2. The number of hydrogen-bond acceptors (Lipinski definition) is 3. The van der Waals surface area contributed by atoms with Crippen LogP contribution < -0.4 is 5.56 Å². The van der Waals surface area contributed by atoms with Gasteiger partial charge in [0.05, 0.1) is 12.7 Å². The molecule has 4 nitrogen and oxygen atoms in total. The van der Waals surface area contributed by atoms with Gasteiger partial charge in [-0.15, -0.1) is 0 Å². The molecule has 0 aliphatic carbocycles. The van der Waals surface area contributed by atoms with E-state index >= 15 is 0 Å². The van der Waals surface area contributed by atoms with Crippen LogP contribution in [0.1, 0.15) is 10.4 Å². The van der Waals surface area contributed by atoms with Crippen molar-refractivity contribution in [2.45, 2.75) is 0 Å². The predicted octanol–water partition coefficient (Wildman–Crippen LogP) is 2.39. The Kier molecular flexibility index (Phi) is 3.62. The highest BCUT2D eigenvalue weighted by atomic mass is 79.9. The van der Waals surface area contributed by atoms with Crippen LogP contribution in [-0.4, -0.2) is 17.6 Å². The van der Waals surface area contributed by atoms with E-state index in [1.54, 1.807) is 12.3 Å². The first-order valence-electron chi connectivity index (χ1n) is 5.19. The zero-order valence-corrected chi connectivity index (χ0v) is 11.2. The summed E-state index contributed by atoms with van der Waals surface area (Å²) < 4.78 is 6.90. The van der Waals surface area contributed by atoms with Crippen molar-refractivity contribution in [3.63, 3.8) is 0 Å². The van der Waals surface area contributed by atoms with Crippen molar-refractivity contribution in [3.05, 3.63) is 63.0 Å². The highest BCUT2D eigenvalue weighted by Gasteiger charge is 2.08. The molecule has 0 unspecified atom stereocenters. The minimum atomic E-state index is -0.520. The van der Waals surface area contributed by atoms with Crippen molar-refractivity contribution in [1.29, 1.82) is 0 Å². The summed E-state index contributed by atoms with van der Waals surface area (Å²) >= 11 is 3.34. The molecular weight excluding hydrogens is 298 g/mol. The number of carbonyl (C=O) groups excluding carboxylic acids is 1. The van der Waals surface area contributed by atoms with Crippen molar-refractivity contribution in [2.24, 2.45) is 0 Å². The number of pyridine rings is 1. The molecule has 2 aromatic rings. The molecule has 2 rings (SSSR count). The Hall–Kier alpha value is -1.88. The topological polar surface area (TPSA) is 48.3 Å². The van der Waals surface area contributed by atoms with E-state index in [0.29, 0.717) is 0 Å². The van der Waals surface area contributed by atoms with E-state index in [1.807, 2.05) is 24.3 Å². The number of esters is 1. The lowest BCUT2D eigenvalue weighted by Crippen LogP contribution is -2.19. The monoisotopic (exact) mass is 307 g/mol. The molecule has 0 spiro atoms. The molecule has 18 heavy (non-hydrogen) atoms. The highest BCUT2D eigenvalue weighted by molar-refractivity contribution is 9.10. The summed E-state index contributed by atoms with van der Waals surface area (Å²) in [6, 6.07) is 10.1. The molecule has 0 aliphatic rings. The molecule has 0 fully saturated rings. The molecule has 1 heterocycles. The third-order valence-electron chi connectivity index (χ3n) is 2.43. The van der Waals surface area contributed by atoms with E-state index < -0.39 is 5.97 Å². The van der Waals surface area contributed by atoms with Crippen molar-refractivity contribution < 1.29 is 9.53 Å². The molecule has 0 bridgehead atoms. The van der Waals surface area contributed by atoms with Gasteiger partial charge >= 0.3 is 5.97 Å². The van der Waals surface area contributed by atoms with E-state index in [0.717, 1.165) is 10.2 Å². The van der Waals surface area contributed by atoms with Crippen LogP contribution in [0.3, 0.4) is 0 Å². The maximum atomic E-state index is 11.9. The Morgan fingerprint density at radius 3 is 2.67 bits per heavy atom. The van der Waals surface area contributed by atoms with Crippen LogP contribution in [0, 0.1) is 0 Å². The van der Waals surface area contributed by atoms with Crippen LogP contribution in [0.4, 0.5) is 0 Å². The fraction of sp³-hybridized carbons (Fsp3) is 0.0769. The molecule has 0 atom stereocenters. The average molecular weight is 308 g/mol. The third-order valence-corrected chi connectivity index (χ3v) is 2.92. The Morgan fingerprint density at radius 1 is 1.28 bits per heavy atom. The number of ether oxygens (including phenoxy) is 1.